The Kier molecular flexibility index (Phi) is 5.90. The van der Waals surface area contributed by atoms with Crippen molar-refractivity contribution in [2.45, 2.75) is 31.9 Å². The monoisotopic (exact) mass is 396 g/mol. The summed E-state index contributed by atoms with van der Waals surface area (Å²) in [4.78, 5) is 15.3. The number of rotatable bonds is 6. The highest BCUT2D eigenvalue weighted by atomic mass is 32.1. The average Bonchev–Trinajstić information content (AvgIpc) is 3.12. The van der Waals surface area contributed by atoms with Crippen LogP contribution >= 0.6 is 11.3 Å². The van der Waals surface area contributed by atoms with Gasteiger partial charge in [-0.2, -0.15) is 0 Å². The number of ether oxygens (including phenoxy) is 1. The van der Waals surface area contributed by atoms with Gasteiger partial charge in [-0.05, 0) is 38.9 Å². The first-order valence-electron chi connectivity index (χ1n) is 9.93. The minimum atomic E-state index is 0.278. The fourth-order valence-electron chi connectivity index (χ4n) is 3.77. The molecular formula is C22H28N4OS. The highest BCUT2D eigenvalue weighted by Gasteiger charge is 2.22. The van der Waals surface area contributed by atoms with Crippen LogP contribution in [0.5, 0.6) is 0 Å². The zero-order valence-corrected chi connectivity index (χ0v) is 17.7. The van der Waals surface area contributed by atoms with Crippen molar-refractivity contribution < 1.29 is 4.74 Å². The van der Waals surface area contributed by atoms with Gasteiger partial charge in [0.2, 0.25) is 0 Å². The van der Waals surface area contributed by atoms with Crippen LogP contribution in [0.4, 0.5) is 5.82 Å². The predicted octanol–water partition coefficient (Wildman–Crippen LogP) is 4.43. The molecule has 0 amide bonds. The lowest BCUT2D eigenvalue weighted by molar-refractivity contribution is 0.0215. The van der Waals surface area contributed by atoms with E-state index in [1.807, 2.05) is 0 Å². The first-order valence-corrected chi connectivity index (χ1v) is 10.8. The zero-order valence-electron chi connectivity index (χ0n) is 16.9. The molecule has 5 nitrogen and oxygen atoms in total. The summed E-state index contributed by atoms with van der Waals surface area (Å²) in [5.74, 6) is 1.88. The number of hydrogen-bond acceptors (Lipinski definition) is 6. The SMILES string of the molecule is CN(C)Cc1nc(N(C)CC2CCCCO2)c2c(-c3ccccc3)csc2n1. The number of thiophene rings is 1. The molecule has 2 aromatic heterocycles. The Morgan fingerprint density at radius 2 is 1.93 bits per heavy atom. The van der Waals surface area contributed by atoms with Crippen molar-refractivity contribution in [2.24, 2.45) is 0 Å². The molecule has 3 heterocycles. The van der Waals surface area contributed by atoms with Crippen molar-refractivity contribution in [2.75, 3.05) is 39.2 Å². The third-order valence-corrected chi connectivity index (χ3v) is 5.99. The van der Waals surface area contributed by atoms with E-state index in [2.05, 4.69) is 66.7 Å². The molecule has 0 spiro atoms. The normalized spacial score (nSPS) is 17.4. The molecular weight excluding hydrogens is 368 g/mol. The van der Waals surface area contributed by atoms with Gasteiger partial charge in [0, 0.05) is 31.1 Å². The second kappa shape index (κ2) is 8.55. The standard InChI is InChI=1S/C22H28N4OS/c1-25(2)14-19-23-21(26(3)13-17-11-7-8-12-27-17)20-18(15-28-22(20)24-19)16-9-5-4-6-10-16/h4-6,9-10,15,17H,7-8,11-14H2,1-3H3. The molecule has 1 saturated heterocycles. The Labute approximate surface area is 171 Å². The molecule has 0 saturated carbocycles. The van der Waals surface area contributed by atoms with Crippen LogP contribution in [0.15, 0.2) is 35.7 Å². The first-order chi connectivity index (χ1) is 13.6. The summed E-state index contributed by atoms with van der Waals surface area (Å²) in [6.07, 6.45) is 3.82. The van der Waals surface area contributed by atoms with E-state index in [4.69, 9.17) is 14.7 Å². The van der Waals surface area contributed by atoms with E-state index in [9.17, 15) is 0 Å². The predicted molar refractivity (Wildman–Crippen MR) is 117 cm³/mol. The van der Waals surface area contributed by atoms with Gasteiger partial charge in [0.25, 0.3) is 0 Å². The zero-order chi connectivity index (χ0) is 19.5. The third kappa shape index (κ3) is 4.19. The lowest BCUT2D eigenvalue weighted by Crippen LogP contribution is -2.34. The Morgan fingerprint density at radius 1 is 1.11 bits per heavy atom. The largest absolute Gasteiger partial charge is 0.376 e. The van der Waals surface area contributed by atoms with Crippen LogP contribution in [0, 0.1) is 0 Å². The Hall–Kier alpha value is -2.02. The van der Waals surface area contributed by atoms with E-state index in [1.165, 1.54) is 24.0 Å². The summed E-state index contributed by atoms with van der Waals surface area (Å²) in [5.41, 5.74) is 2.42. The van der Waals surface area contributed by atoms with Gasteiger partial charge in [0.15, 0.2) is 0 Å². The van der Waals surface area contributed by atoms with Crippen LogP contribution in [0.2, 0.25) is 0 Å². The molecule has 3 aromatic rings. The minimum absolute atomic E-state index is 0.278. The third-order valence-electron chi connectivity index (χ3n) is 5.12. The van der Waals surface area contributed by atoms with Gasteiger partial charge in [-0.25, -0.2) is 9.97 Å². The van der Waals surface area contributed by atoms with Gasteiger partial charge in [-0.1, -0.05) is 30.3 Å². The molecule has 1 unspecified atom stereocenters. The minimum Gasteiger partial charge on any atom is -0.376 e. The van der Waals surface area contributed by atoms with E-state index in [0.29, 0.717) is 0 Å². The fraction of sp³-hybridized carbons (Fsp3) is 0.455. The van der Waals surface area contributed by atoms with Gasteiger partial charge < -0.3 is 14.5 Å². The van der Waals surface area contributed by atoms with E-state index >= 15 is 0 Å². The van der Waals surface area contributed by atoms with E-state index < -0.39 is 0 Å². The van der Waals surface area contributed by atoms with Gasteiger partial charge >= 0.3 is 0 Å². The van der Waals surface area contributed by atoms with Gasteiger partial charge in [-0.3, -0.25) is 0 Å². The second-order valence-corrected chi connectivity index (χ2v) is 8.62. The van der Waals surface area contributed by atoms with Crippen LogP contribution in [-0.4, -0.2) is 55.3 Å². The molecule has 0 aliphatic carbocycles. The Bertz CT molecular complexity index is 919. The van der Waals surface area contributed by atoms with Gasteiger partial charge in [-0.15, -0.1) is 11.3 Å². The topological polar surface area (TPSA) is 41.5 Å². The molecule has 1 aliphatic rings. The fourth-order valence-corrected chi connectivity index (χ4v) is 4.73. The number of nitrogens with zero attached hydrogens (tertiary/aromatic N) is 4. The van der Waals surface area contributed by atoms with Crippen LogP contribution in [-0.2, 0) is 11.3 Å². The smallest absolute Gasteiger partial charge is 0.146 e. The molecule has 0 bridgehead atoms. The van der Waals surface area contributed by atoms with Crippen molar-refractivity contribution in [3.05, 3.63) is 41.5 Å². The highest BCUT2D eigenvalue weighted by Crippen LogP contribution is 2.38. The first kappa shape index (κ1) is 19.3. The number of benzene rings is 1. The molecule has 148 valence electrons. The number of hydrogen-bond donors (Lipinski definition) is 0. The summed E-state index contributed by atoms with van der Waals surface area (Å²) in [6, 6.07) is 10.5. The van der Waals surface area contributed by atoms with Gasteiger partial charge in [0.05, 0.1) is 18.0 Å². The van der Waals surface area contributed by atoms with E-state index in [1.54, 1.807) is 11.3 Å². The molecule has 1 aromatic carbocycles. The highest BCUT2D eigenvalue weighted by molar-refractivity contribution is 7.17. The second-order valence-electron chi connectivity index (χ2n) is 7.77. The lowest BCUT2D eigenvalue weighted by atomic mass is 10.1. The number of anilines is 1. The molecule has 1 fully saturated rings. The van der Waals surface area contributed by atoms with Crippen molar-refractivity contribution >= 4 is 27.4 Å². The summed E-state index contributed by atoms with van der Waals surface area (Å²) >= 11 is 1.70. The van der Waals surface area contributed by atoms with Crippen molar-refractivity contribution in [1.29, 1.82) is 0 Å². The van der Waals surface area contributed by atoms with Gasteiger partial charge in [0.1, 0.15) is 16.5 Å². The number of aromatic nitrogens is 2. The summed E-state index contributed by atoms with van der Waals surface area (Å²) in [5, 5.41) is 3.36. The quantitative estimate of drug-likeness (QED) is 0.617. The maximum Gasteiger partial charge on any atom is 0.146 e. The van der Waals surface area contributed by atoms with Crippen LogP contribution in [0.25, 0.3) is 21.3 Å². The van der Waals surface area contributed by atoms with Crippen molar-refractivity contribution in [3.8, 4) is 11.1 Å². The number of fused-ring (bicyclic) bond motifs is 1. The summed E-state index contributed by atoms with van der Waals surface area (Å²) in [6.45, 7) is 2.46. The maximum atomic E-state index is 5.98. The average molecular weight is 397 g/mol. The molecule has 6 heteroatoms. The molecule has 1 atom stereocenters. The molecule has 0 N–H and O–H groups in total. The van der Waals surface area contributed by atoms with Crippen LogP contribution in [0.1, 0.15) is 25.1 Å². The van der Waals surface area contributed by atoms with Crippen LogP contribution < -0.4 is 4.90 Å². The number of likely N-dealkylation sites (N-methyl/N-ethyl adjacent to an activating group) is 1. The molecule has 0 radical (unpaired) electrons. The summed E-state index contributed by atoms with van der Waals surface area (Å²) in [7, 11) is 6.24. The Morgan fingerprint density at radius 3 is 2.64 bits per heavy atom. The Balaban J connectivity index is 1.77. The molecule has 4 rings (SSSR count). The van der Waals surface area contributed by atoms with Crippen molar-refractivity contribution in [3.63, 3.8) is 0 Å². The van der Waals surface area contributed by atoms with E-state index in [-0.39, 0.29) is 6.10 Å². The van der Waals surface area contributed by atoms with Crippen molar-refractivity contribution in [1.82, 2.24) is 14.9 Å². The van der Waals surface area contributed by atoms with Crippen LogP contribution in [0.3, 0.4) is 0 Å². The summed E-state index contributed by atoms with van der Waals surface area (Å²) < 4.78 is 5.98. The molecule has 28 heavy (non-hydrogen) atoms. The lowest BCUT2D eigenvalue weighted by Gasteiger charge is -2.28. The maximum absolute atomic E-state index is 5.98. The molecule has 1 aliphatic heterocycles. The van der Waals surface area contributed by atoms with E-state index in [0.717, 1.165) is 48.0 Å².